The van der Waals surface area contributed by atoms with Crippen molar-refractivity contribution in [3.05, 3.63) is 53.8 Å². The molecular weight excluding hydrogens is 314 g/mol. The van der Waals surface area contributed by atoms with Gasteiger partial charge in [-0.2, -0.15) is 0 Å². The number of nitrogens with one attached hydrogen (secondary N) is 1. The summed E-state index contributed by atoms with van der Waals surface area (Å²) in [4.78, 5) is 0. The molecule has 1 unspecified atom stereocenters. The lowest BCUT2D eigenvalue weighted by atomic mass is 10.1. The van der Waals surface area contributed by atoms with Crippen LogP contribution < -0.4 is 10.7 Å². The third-order valence-electron chi connectivity index (χ3n) is 5.27. The number of aliphatic hydroxyl groups excluding tert-OH is 1. The average molecular weight is 346 g/mol. The third kappa shape index (κ3) is 4.59. The van der Waals surface area contributed by atoms with Gasteiger partial charge in [0.15, 0.2) is 0 Å². The molecule has 1 heterocycles. The first-order chi connectivity index (χ1) is 11.2. The van der Waals surface area contributed by atoms with Crippen molar-refractivity contribution in [3.8, 4) is 0 Å². The van der Waals surface area contributed by atoms with Gasteiger partial charge >= 0.3 is 0 Å². The fourth-order valence-corrected chi connectivity index (χ4v) is 4.08. The molecule has 3 nitrogen and oxygen atoms in total. The fraction of sp³-hybridized carbons (Fsp3) is 0.500. The Bertz CT molecular complexity index is 629. The summed E-state index contributed by atoms with van der Waals surface area (Å²) in [6.45, 7) is 12.8. The molecule has 2 N–H and O–H groups in total. The van der Waals surface area contributed by atoms with Gasteiger partial charge in [-0.25, -0.2) is 0 Å². The van der Waals surface area contributed by atoms with Crippen molar-refractivity contribution in [2.45, 2.75) is 51.4 Å². The van der Waals surface area contributed by atoms with E-state index in [1.807, 2.05) is 6.07 Å². The summed E-state index contributed by atoms with van der Waals surface area (Å²) in [6.07, 6.45) is 2.16. The second-order valence-corrected chi connectivity index (χ2v) is 13.3. The predicted molar refractivity (Wildman–Crippen MR) is 104 cm³/mol. The first-order valence-electron chi connectivity index (χ1n) is 8.73. The van der Waals surface area contributed by atoms with Crippen LogP contribution in [0.3, 0.4) is 0 Å². The summed E-state index contributed by atoms with van der Waals surface area (Å²) in [5.41, 5.74) is 2.19. The lowest BCUT2D eigenvalue weighted by Gasteiger charge is -2.34. The number of hydrogen-bond donors (Lipinski definition) is 2. The van der Waals surface area contributed by atoms with E-state index in [2.05, 4.69) is 69.5 Å². The van der Waals surface area contributed by atoms with Crippen LogP contribution in [0.5, 0.6) is 0 Å². The molecule has 1 aromatic heterocycles. The van der Waals surface area contributed by atoms with E-state index < -0.39 is 14.2 Å². The first kappa shape index (κ1) is 19.0. The van der Waals surface area contributed by atoms with Crippen molar-refractivity contribution in [1.82, 2.24) is 5.32 Å². The zero-order chi connectivity index (χ0) is 17.8. The summed E-state index contributed by atoms with van der Waals surface area (Å²) in [7, 11) is -1.69. The van der Waals surface area contributed by atoms with Crippen molar-refractivity contribution in [2.75, 3.05) is 13.1 Å². The Labute approximate surface area is 147 Å². The highest BCUT2D eigenvalue weighted by Gasteiger charge is 2.40. The van der Waals surface area contributed by atoms with E-state index in [0.29, 0.717) is 6.54 Å². The van der Waals surface area contributed by atoms with Crippen molar-refractivity contribution in [2.24, 2.45) is 0 Å². The lowest BCUT2D eigenvalue weighted by molar-refractivity contribution is 0.174. The zero-order valence-electron chi connectivity index (χ0n) is 15.6. The normalized spacial score (nSPS) is 13.9. The second-order valence-electron chi connectivity index (χ2n) is 8.07. The number of aliphatic hydroxyl groups is 1. The van der Waals surface area contributed by atoms with Gasteiger partial charge < -0.3 is 14.8 Å². The largest absolute Gasteiger partial charge is 0.474 e. The summed E-state index contributed by atoms with van der Waals surface area (Å²) >= 11 is 0. The Morgan fingerprint density at radius 3 is 2.46 bits per heavy atom. The van der Waals surface area contributed by atoms with E-state index in [0.717, 1.165) is 23.9 Å². The number of furan rings is 1. The van der Waals surface area contributed by atoms with Gasteiger partial charge in [-0.1, -0.05) is 64.2 Å². The van der Waals surface area contributed by atoms with Gasteiger partial charge in [0, 0.05) is 12.1 Å². The Hall–Kier alpha value is -1.36. The highest BCUT2D eigenvalue weighted by Crippen LogP contribution is 2.36. The van der Waals surface area contributed by atoms with E-state index in [1.165, 1.54) is 5.56 Å². The minimum atomic E-state index is -1.69. The molecule has 4 heteroatoms. The zero-order valence-corrected chi connectivity index (χ0v) is 16.6. The molecule has 0 aliphatic heterocycles. The monoisotopic (exact) mass is 345 g/mol. The van der Waals surface area contributed by atoms with Gasteiger partial charge in [-0.05, 0) is 29.6 Å². The van der Waals surface area contributed by atoms with Crippen LogP contribution in [0.2, 0.25) is 18.1 Å². The van der Waals surface area contributed by atoms with Gasteiger partial charge in [0.25, 0.3) is 0 Å². The minimum Gasteiger partial charge on any atom is -0.474 e. The molecular formula is C20H31NO2Si. The molecule has 1 atom stereocenters. The second kappa shape index (κ2) is 7.68. The van der Waals surface area contributed by atoms with Crippen molar-refractivity contribution in [1.29, 1.82) is 0 Å². The molecule has 24 heavy (non-hydrogen) atoms. The molecule has 0 saturated heterocycles. The molecule has 2 aromatic rings. The highest BCUT2D eigenvalue weighted by molar-refractivity contribution is 6.91. The average Bonchev–Trinajstić information content (AvgIpc) is 3.02. The van der Waals surface area contributed by atoms with Crippen molar-refractivity contribution >= 4 is 13.5 Å². The van der Waals surface area contributed by atoms with Crippen LogP contribution in [0.1, 0.15) is 38.0 Å². The number of benzene rings is 1. The Morgan fingerprint density at radius 1 is 1.17 bits per heavy atom. The van der Waals surface area contributed by atoms with Crippen LogP contribution in [-0.4, -0.2) is 26.3 Å². The SMILES string of the molecule is CC(C)(C)[Si](C)(C)c1cc(C(O)CNCCc2ccccc2)co1. The predicted octanol–water partition coefficient (Wildman–Crippen LogP) is 3.86. The summed E-state index contributed by atoms with van der Waals surface area (Å²) in [5.74, 6) is 0. The fourth-order valence-electron chi connectivity index (χ4n) is 2.46. The smallest absolute Gasteiger partial charge is 0.131 e. The maximum absolute atomic E-state index is 10.4. The Morgan fingerprint density at radius 2 is 1.83 bits per heavy atom. The quantitative estimate of drug-likeness (QED) is 0.592. The highest BCUT2D eigenvalue weighted by atomic mass is 28.3. The van der Waals surface area contributed by atoms with E-state index in [1.54, 1.807) is 6.26 Å². The van der Waals surface area contributed by atoms with Crippen LogP contribution in [0.25, 0.3) is 0 Å². The van der Waals surface area contributed by atoms with Crippen molar-refractivity contribution in [3.63, 3.8) is 0 Å². The van der Waals surface area contributed by atoms with E-state index in [4.69, 9.17) is 4.42 Å². The van der Waals surface area contributed by atoms with Gasteiger partial charge in [0.05, 0.1) is 17.8 Å². The molecule has 0 radical (unpaired) electrons. The van der Waals surface area contributed by atoms with Crippen LogP contribution in [0.15, 0.2) is 47.1 Å². The molecule has 0 spiro atoms. The molecule has 0 aliphatic rings. The summed E-state index contributed by atoms with van der Waals surface area (Å²) in [6, 6.07) is 12.4. The Balaban J connectivity index is 1.86. The van der Waals surface area contributed by atoms with Crippen LogP contribution in [0.4, 0.5) is 0 Å². The molecule has 1 aromatic carbocycles. The van der Waals surface area contributed by atoms with Gasteiger partial charge in [-0.15, -0.1) is 0 Å². The van der Waals surface area contributed by atoms with Crippen molar-refractivity contribution < 1.29 is 9.52 Å². The third-order valence-corrected chi connectivity index (χ3v) is 10.5. The maximum atomic E-state index is 10.4. The van der Waals surface area contributed by atoms with E-state index in [-0.39, 0.29) is 5.04 Å². The maximum Gasteiger partial charge on any atom is 0.131 e. The number of rotatable bonds is 7. The molecule has 0 amide bonds. The molecule has 0 fully saturated rings. The van der Waals surface area contributed by atoms with Gasteiger partial charge in [0.1, 0.15) is 8.07 Å². The van der Waals surface area contributed by atoms with Gasteiger partial charge in [0.2, 0.25) is 0 Å². The van der Waals surface area contributed by atoms with Crippen LogP contribution in [-0.2, 0) is 6.42 Å². The summed E-state index contributed by atoms with van der Waals surface area (Å²) in [5, 5.41) is 15.0. The molecule has 0 bridgehead atoms. The molecule has 2 rings (SSSR count). The topological polar surface area (TPSA) is 45.4 Å². The van der Waals surface area contributed by atoms with Gasteiger partial charge in [-0.3, -0.25) is 0 Å². The molecule has 0 saturated carbocycles. The van der Waals surface area contributed by atoms with E-state index in [9.17, 15) is 5.11 Å². The molecule has 132 valence electrons. The van der Waals surface area contributed by atoms with E-state index >= 15 is 0 Å². The minimum absolute atomic E-state index is 0.223. The summed E-state index contributed by atoms with van der Waals surface area (Å²) < 4.78 is 5.83. The van der Waals surface area contributed by atoms with Crippen LogP contribution >= 0.6 is 0 Å². The van der Waals surface area contributed by atoms with Crippen LogP contribution in [0, 0.1) is 0 Å². The lowest BCUT2D eigenvalue weighted by Crippen LogP contribution is -2.48. The first-order valence-corrected chi connectivity index (χ1v) is 11.7. The molecule has 0 aliphatic carbocycles. The number of hydrogen-bond acceptors (Lipinski definition) is 3. The standard InChI is InChI=1S/C20H31NO2Si/c1-20(2,3)24(4,5)19-13-17(15-23-19)18(22)14-21-12-11-16-9-7-6-8-10-16/h6-10,13,15,18,21-22H,11-12,14H2,1-5H3. The Kier molecular flexibility index (Phi) is 6.07.